The van der Waals surface area contributed by atoms with Crippen LogP contribution in [-0.2, 0) is 9.59 Å². The number of nitrogens with one attached hydrogen (secondary N) is 1. The van der Waals surface area contributed by atoms with E-state index < -0.39 is 5.54 Å². The van der Waals surface area contributed by atoms with Crippen molar-refractivity contribution in [1.29, 1.82) is 0 Å². The van der Waals surface area contributed by atoms with Crippen molar-refractivity contribution in [2.75, 3.05) is 6.54 Å². The molecule has 0 aromatic heterocycles. The molecule has 0 radical (unpaired) electrons. The molecule has 1 heterocycles. The molecule has 0 spiro atoms. The van der Waals surface area contributed by atoms with Gasteiger partial charge >= 0.3 is 0 Å². The quantitative estimate of drug-likeness (QED) is 0.866. The highest BCUT2D eigenvalue weighted by Crippen LogP contribution is 2.32. The fraction of sp³-hybridized carbons (Fsp3) is 0.882. The highest BCUT2D eigenvalue weighted by atomic mass is 16.2. The number of carbonyl (C=O) groups excluding carboxylic acids is 2. The van der Waals surface area contributed by atoms with Gasteiger partial charge in [0.25, 0.3) is 0 Å². The van der Waals surface area contributed by atoms with Crippen LogP contribution in [0.25, 0.3) is 0 Å². The Morgan fingerprint density at radius 3 is 2.52 bits per heavy atom. The molecular weight excluding hydrogens is 264 g/mol. The van der Waals surface area contributed by atoms with Crippen molar-refractivity contribution in [3.8, 4) is 0 Å². The summed E-state index contributed by atoms with van der Waals surface area (Å²) in [5.41, 5.74) is -0.674. The Morgan fingerprint density at radius 2 is 1.90 bits per heavy atom. The normalized spacial score (nSPS) is 30.0. The molecule has 2 fully saturated rings. The zero-order chi connectivity index (χ0) is 15.5. The van der Waals surface area contributed by atoms with Crippen molar-refractivity contribution in [1.82, 2.24) is 10.2 Å². The largest absolute Gasteiger partial charge is 0.342 e. The number of nitrogens with zero attached hydrogens (tertiary/aromatic N) is 1. The van der Waals surface area contributed by atoms with E-state index >= 15 is 0 Å². The van der Waals surface area contributed by atoms with E-state index in [1.807, 2.05) is 18.7 Å². The van der Waals surface area contributed by atoms with Crippen molar-refractivity contribution in [3.63, 3.8) is 0 Å². The number of hydrogen-bond acceptors (Lipinski definition) is 2. The third-order valence-corrected chi connectivity index (χ3v) is 5.61. The molecule has 4 nitrogen and oxygen atoms in total. The minimum Gasteiger partial charge on any atom is -0.342 e. The summed E-state index contributed by atoms with van der Waals surface area (Å²) in [6, 6.07) is 0.335. The Kier molecular flexibility index (Phi) is 5.28. The number of rotatable bonds is 4. The van der Waals surface area contributed by atoms with Gasteiger partial charge in [0.1, 0.15) is 5.54 Å². The minimum atomic E-state index is -0.674. The summed E-state index contributed by atoms with van der Waals surface area (Å²) in [5.74, 6) is 0.915. The summed E-state index contributed by atoms with van der Waals surface area (Å²) in [5, 5.41) is 3.01. The van der Waals surface area contributed by atoms with Gasteiger partial charge in [-0.3, -0.25) is 9.59 Å². The van der Waals surface area contributed by atoms with Gasteiger partial charge in [-0.05, 0) is 31.6 Å². The molecular formula is C17H30N2O2. The first-order valence-corrected chi connectivity index (χ1v) is 8.68. The molecule has 2 unspecified atom stereocenters. The van der Waals surface area contributed by atoms with Gasteiger partial charge < -0.3 is 10.2 Å². The number of amides is 2. The van der Waals surface area contributed by atoms with E-state index in [-0.39, 0.29) is 11.8 Å². The summed E-state index contributed by atoms with van der Waals surface area (Å²) in [7, 11) is 0. The van der Waals surface area contributed by atoms with Gasteiger partial charge in [0.15, 0.2) is 0 Å². The number of carbonyl (C=O) groups is 2. The van der Waals surface area contributed by atoms with Gasteiger partial charge in [0, 0.05) is 19.0 Å². The van der Waals surface area contributed by atoms with Crippen LogP contribution < -0.4 is 5.32 Å². The predicted molar refractivity (Wildman–Crippen MR) is 83.8 cm³/mol. The Hall–Kier alpha value is -1.06. The topological polar surface area (TPSA) is 49.4 Å². The van der Waals surface area contributed by atoms with E-state index in [9.17, 15) is 9.59 Å². The predicted octanol–water partition coefficient (Wildman–Crippen LogP) is 2.86. The van der Waals surface area contributed by atoms with Crippen LogP contribution in [0.4, 0.5) is 0 Å². The molecule has 0 bridgehead atoms. The van der Waals surface area contributed by atoms with Gasteiger partial charge in [0.05, 0.1) is 0 Å². The van der Waals surface area contributed by atoms with Crippen LogP contribution in [0.1, 0.15) is 72.1 Å². The van der Waals surface area contributed by atoms with Crippen LogP contribution in [-0.4, -0.2) is 34.8 Å². The molecule has 1 aliphatic heterocycles. The molecule has 2 atom stereocenters. The van der Waals surface area contributed by atoms with Crippen molar-refractivity contribution in [2.45, 2.75) is 83.7 Å². The lowest BCUT2D eigenvalue weighted by atomic mass is 9.82. The maximum absolute atomic E-state index is 13.1. The third-order valence-electron chi connectivity index (χ3n) is 5.61. The fourth-order valence-corrected chi connectivity index (χ4v) is 3.98. The molecule has 1 aliphatic carbocycles. The lowest BCUT2D eigenvalue weighted by molar-refractivity contribution is -0.142. The average molecular weight is 294 g/mol. The maximum Gasteiger partial charge on any atom is 0.248 e. The van der Waals surface area contributed by atoms with Gasteiger partial charge in [0.2, 0.25) is 11.8 Å². The maximum atomic E-state index is 13.1. The van der Waals surface area contributed by atoms with Gasteiger partial charge in [-0.25, -0.2) is 0 Å². The second kappa shape index (κ2) is 6.80. The second-order valence-corrected chi connectivity index (χ2v) is 6.68. The zero-order valence-electron chi connectivity index (χ0n) is 13.8. The van der Waals surface area contributed by atoms with Crippen LogP contribution in [0, 0.1) is 5.92 Å². The zero-order valence-corrected chi connectivity index (χ0v) is 13.8. The molecule has 0 aromatic rings. The summed E-state index contributed by atoms with van der Waals surface area (Å²) in [4.78, 5) is 27.1. The third kappa shape index (κ3) is 3.24. The molecule has 2 amide bonds. The van der Waals surface area contributed by atoms with E-state index in [1.165, 1.54) is 19.3 Å². The molecule has 1 saturated carbocycles. The Labute approximate surface area is 128 Å². The standard InChI is InChI=1S/C17H30N2O2/c1-4-13-8-7-9-14(12-13)19-11-10-15(20)18-17(5-2,6-3)16(19)21/h13-14H,4-12H2,1-3H3,(H,18,20). The molecule has 4 heteroatoms. The van der Waals surface area contributed by atoms with E-state index in [0.29, 0.717) is 31.8 Å². The molecule has 1 saturated heterocycles. The van der Waals surface area contributed by atoms with E-state index in [0.717, 1.165) is 18.8 Å². The summed E-state index contributed by atoms with van der Waals surface area (Å²) in [6.07, 6.45) is 7.70. The second-order valence-electron chi connectivity index (χ2n) is 6.68. The van der Waals surface area contributed by atoms with Crippen LogP contribution in [0.15, 0.2) is 0 Å². The Morgan fingerprint density at radius 1 is 1.19 bits per heavy atom. The summed E-state index contributed by atoms with van der Waals surface area (Å²) < 4.78 is 0. The minimum absolute atomic E-state index is 0.0254. The average Bonchev–Trinajstić information content (AvgIpc) is 2.64. The van der Waals surface area contributed by atoms with E-state index in [1.54, 1.807) is 0 Å². The van der Waals surface area contributed by atoms with E-state index in [2.05, 4.69) is 12.2 Å². The van der Waals surface area contributed by atoms with Crippen LogP contribution in [0.2, 0.25) is 0 Å². The van der Waals surface area contributed by atoms with Crippen molar-refractivity contribution in [2.24, 2.45) is 5.92 Å². The van der Waals surface area contributed by atoms with Gasteiger partial charge in [-0.15, -0.1) is 0 Å². The lowest BCUT2D eigenvalue weighted by Crippen LogP contribution is -2.58. The Balaban J connectivity index is 2.21. The molecule has 2 aliphatic rings. The SMILES string of the molecule is CCC1CCCC(N2CCC(=O)NC(CC)(CC)C2=O)C1. The van der Waals surface area contributed by atoms with Crippen molar-refractivity contribution >= 4 is 11.8 Å². The van der Waals surface area contributed by atoms with Crippen LogP contribution in [0.5, 0.6) is 0 Å². The first kappa shape index (κ1) is 16.3. The van der Waals surface area contributed by atoms with Gasteiger partial charge in [-0.1, -0.05) is 40.0 Å². The highest BCUT2D eigenvalue weighted by Gasteiger charge is 2.44. The van der Waals surface area contributed by atoms with Crippen molar-refractivity contribution < 1.29 is 9.59 Å². The molecule has 0 aromatic carbocycles. The molecule has 120 valence electrons. The highest BCUT2D eigenvalue weighted by molar-refractivity contribution is 5.93. The smallest absolute Gasteiger partial charge is 0.248 e. The van der Waals surface area contributed by atoms with Crippen molar-refractivity contribution in [3.05, 3.63) is 0 Å². The summed E-state index contributed by atoms with van der Waals surface area (Å²) >= 11 is 0. The lowest BCUT2D eigenvalue weighted by Gasteiger charge is -2.41. The molecule has 2 rings (SSSR count). The number of hydrogen-bond donors (Lipinski definition) is 1. The monoisotopic (exact) mass is 294 g/mol. The van der Waals surface area contributed by atoms with Gasteiger partial charge in [-0.2, -0.15) is 0 Å². The Bertz CT molecular complexity index is 390. The first-order valence-electron chi connectivity index (χ1n) is 8.68. The first-order chi connectivity index (χ1) is 10.1. The summed E-state index contributed by atoms with van der Waals surface area (Å²) in [6.45, 7) is 6.83. The van der Waals surface area contributed by atoms with Crippen LogP contribution >= 0.6 is 0 Å². The molecule has 1 N–H and O–H groups in total. The van der Waals surface area contributed by atoms with E-state index in [4.69, 9.17) is 0 Å². The molecule has 21 heavy (non-hydrogen) atoms. The van der Waals surface area contributed by atoms with Crippen LogP contribution in [0.3, 0.4) is 0 Å². The fourth-order valence-electron chi connectivity index (χ4n) is 3.98.